The van der Waals surface area contributed by atoms with Crippen molar-refractivity contribution < 1.29 is 15.0 Å². The number of nitrogens with one attached hydrogen (secondary N) is 1. The van der Waals surface area contributed by atoms with Crippen molar-refractivity contribution in [1.29, 1.82) is 0 Å². The molecule has 0 aromatic heterocycles. The zero-order valence-corrected chi connectivity index (χ0v) is 45.0. The number of allylic oxidation sites excluding steroid dienone is 21. The second-order valence-electron chi connectivity index (χ2n) is 19.0. The Bertz CT molecular complexity index is 1400. The average Bonchev–Trinajstić information content (AvgIpc) is 3.35. The Labute approximate surface area is 428 Å². The molecule has 0 bridgehead atoms. The highest BCUT2D eigenvalue weighted by Gasteiger charge is 2.17. The topological polar surface area (TPSA) is 69.6 Å². The van der Waals surface area contributed by atoms with E-state index in [0.717, 1.165) is 103 Å². The van der Waals surface area contributed by atoms with Crippen molar-refractivity contribution in [2.24, 2.45) is 0 Å². The second kappa shape index (κ2) is 58.8. The molecule has 1 amide bonds. The maximum atomic E-state index is 12.5. The van der Waals surface area contributed by atoms with Gasteiger partial charge in [0.05, 0.1) is 18.8 Å². The lowest BCUT2D eigenvalue weighted by atomic mass is 10.0. The van der Waals surface area contributed by atoms with Gasteiger partial charge in [-0.1, -0.05) is 270 Å². The highest BCUT2D eigenvalue weighted by atomic mass is 16.3. The summed E-state index contributed by atoms with van der Waals surface area (Å²) < 4.78 is 0. The van der Waals surface area contributed by atoms with Gasteiger partial charge in [0, 0.05) is 6.42 Å². The van der Waals surface area contributed by atoms with E-state index in [9.17, 15) is 15.0 Å². The van der Waals surface area contributed by atoms with E-state index in [1.54, 1.807) is 6.08 Å². The molecule has 0 radical (unpaired) electrons. The summed E-state index contributed by atoms with van der Waals surface area (Å²) in [6.07, 6.45) is 91.8. The number of carbonyl (C=O) groups excluding carboxylic acids is 1. The summed E-state index contributed by atoms with van der Waals surface area (Å²) >= 11 is 0. The molecule has 3 N–H and O–H groups in total. The molecule has 0 aliphatic rings. The molecule has 0 spiro atoms. The number of hydrogen-bond donors (Lipinski definition) is 3. The molecule has 4 nitrogen and oxygen atoms in total. The van der Waals surface area contributed by atoms with Gasteiger partial charge in [-0.05, 0) is 109 Å². The monoisotopic (exact) mass is 952 g/mol. The van der Waals surface area contributed by atoms with E-state index >= 15 is 0 Å². The highest BCUT2D eigenvalue weighted by Crippen LogP contribution is 2.15. The van der Waals surface area contributed by atoms with Crippen LogP contribution in [0.4, 0.5) is 0 Å². The van der Waals surface area contributed by atoms with Gasteiger partial charge < -0.3 is 15.5 Å². The number of amides is 1. The third-order valence-electron chi connectivity index (χ3n) is 12.3. The summed E-state index contributed by atoms with van der Waals surface area (Å²) in [6, 6.07) is -0.661. The number of rotatable bonds is 51. The highest BCUT2D eigenvalue weighted by molar-refractivity contribution is 5.76. The molecule has 0 rings (SSSR count). The fourth-order valence-corrected chi connectivity index (χ4v) is 7.99. The summed E-state index contributed by atoms with van der Waals surface area (Å²) in [6.45, 7) is 4.18. The molecule has 4 heteroatoms. The van der Waals surface area contributed by atoms with Gasteiger partial charge in [-0.25, -0.2) is 0 Å². The van der Waals surface area contributed by atoms with Gasteiger partial charge >= 0.3 is 0 Å². The lowest BCUT2D eigenvalue weighted by molar-refractivity contribution is -0.123. The molecule has 0 heterocycles. The minimum absolute atomic E-state index is 0.0912. The van der Waals surface area contributed by atoms with E-state index in [1.165, 1.54) is 128 Å². The van der Waals surface area contributed by atoms with E-state index < -0.39 is 12.1 Å². The number of unbranched alkanes of at least 4 members (excludes halogenated alkanes) is 24. The molecule has 0 saturated carbocycles. The predicted octanol–water partition coefficient (Wildman–Crippen LogP) is 19.4. The van der Waals surface area contributed by atoms with Crippen LogP contribution in [-0.4, -0.2) is 34.9 Å². The van der Waals surface area contributed by atoms with Gasteiger partial charge in [0.25, 0.3) is 0 Å². The Morgan fingerprint density at radius 1 is 0.362 bits per heavy atom. The van der Waals surface area contributed by atoms with Crippen molar-refractivity contribution in [2.75, 3.05) is 6.61 Å². The quantitative estimate of drug-likeness (QED) is 0.0420. The zero-order chi connectivity index (χ0) is 49.9. The minimum atomic E-state index is -0.885. The first kappa shape index (κ1) is 65.5. The van der Waals surface area contributed by atoms with Crippen molar-refractivity contribution >= 4 is 5.91 Å². The van der Waals surface area contributed by atoms with E-state index in [2.05, 4.69) is 141 Å². The molecule has 0 aromatic carbocycles. The average molecular weight is 953 g/mol. The number of carbonyl (C=O) groups is 1. The van der Waals surface area contributed by atoms with Crippen LogP contribution in [0, 0.1) is 0 Å². The fraction of sp³-hybridized carbons (Fsp3) is 0.646. The van der Waals surface area contributed by atoms with Crippen LogP contribution in [0.25, 0.3) is 0 Å². The van der Waals surface area contributed by atoms with Gasteiger partial charge in [0.15, 0.2) is 0 Å². The largest absolute Gasteiger partial charge is 0.394 e. The first-order valence-corrected chi connectivity index (χ1v) is 28.9. The Hall–Kier alpha value is -3.47. The van der Waals surface area contributed by atoms with Crippen molar-refractivity contribution in [3.05, 3.63) is 134 Å². The van der Waals surface area contributed by atoms with Gasteiger partial charge in [-0.15, -0.1) is 0 Å². The van der Waals surface area contributed by atoms with Crippen molar-refractivity contribution in [3.63, 3.8) is 0 Å². The number of hydrogen-bond acceptors (Lipinski definition) is 3. The molecule has 0 fully saturated rings. The summed E-state index contributed by atoms with van der Waals surface area (Å²) in [4.78, 5) is 12.5. The number of aliphatic hydroxyl groups excluding tert-OH is 2. The summed E-state index contributed by atoms with van der Waals surface area (Å²) in [5.74, 6) is -0.0912. The van der Waals surface area contributed by atoms with E-state index in [1.807, 2.05) is 6.08 Å². The van der Waals surface area contributed by atoms with Gasteiger partial charge in [0.1, 0.15) is 0 Å². The normalized spacial score (nSPS) is 13.9. The molecular weight excluding hydrogens is 843 g/mol. The maximum Gasteiger partial charge on any atom is 0.220 e. The standard InChI is InChI=1S/C65H109NO3/c1-3-5-7-9-11-13-15-17-19-21-23-25-27-29-30-31-32-33-34-35-36-37-39-41-43-45-47-49-51-53-55-57-59-61-65(69)66-63(62-67)64(68)60-58-56-54-52-50-48-46-44-42-40-38-28-26-24-22-20-18-16-14-12-10-8-6-4-2/h5,7,11,13,17,19,23,25,29-30,32-33,35-36,39,41-42,44,50,52,58,60,63-64,67-68H,3-4,6,8-10,12,14-16,18,20-22,24,26-28,31,34,37-38,40,43,45-49,51,53-57,59,61-62H2,1-2H3,(H,66,69)/b7-5-,13-11-,19-17-,25-23-,30-29-,33-32-,36-35-,41-39-,44-42+,52-50+,60-58+. The third kappa shape index (κ3) is 55.3. The Morgan fingerprint density at radius 3 is 1.01 bits per heavy atom. The first-order valence-electron chi connectivity index (χ1n) is 28.9. The summed E-state index contributed by atoms with van der Waals surface area (Å²) in [5, 5.41) is 23.1. The molecular formula is C65H109NO3. The van der Waals surface area contributed by atoms with E-state index in [0.29, 0.717) is 6.42 Å². The molecule has 0 saturated heterocycles. The van der Waals surface area contributed by atoms with Crippen LogP contribution < -0.4 is 5.32 Å². The molecule has 2 unspecified atom stereocenters. The molecule has 0 aliphatic carbocycles. The van der Waals surface area contributed by atoms with Crippen LogP contribution in [-0.2, 0) is 4.79 Å². The van der Waals surface area contributed by atoms with Crippen LogP contribution in [0.5, 0.6) is 0 Å². The van der Waals surface area contributed by atoms with Crippen molar-refractivity contribution in [1.82, 2.24) is 5.32 Å². The van der Waals surface area contributed by atoms with Gasteiger partial charge in [-0.3, -0.25) is 4.79 Å². The number of aliphatic hydroxyl groups is 2. The molecule has 2 atom stereocenters. The SMILES string of the molecule is CC/C=C\C/C=C\C/C=C\C/C=C\C/C=C\C/C=C\C/C=C\C/C=C\CCCCCCCCCCC(=O)NC(CO)C(O)/C=C/CC/C=C/CC/C=C/CCCCCCCCCCCCCCCC. The van der Waals surface area contributed by atoms with Crippen molar-refractivity contribution in [2.45, 2.75) is 264 Å². The third-order valence-corrected chi connectivity index (χ3v) is 12.3. The van der Waals surface area contributed by atoms with Gasteiger partial charge in [0.2, 0.25) is 5.91 Å². The Kier molecular flexibility index (Phi) is 55.9. The van der Waals surface area contributed by atoms with E-state index in [4.69, 9.17) is 0 Å². The summed E-state index contributed by atoms with van der Waals surface area (Å²) in [5.41, 5.74) is 0. The molecule has 69 heavy (non-hydrogen) atoms. The lowest BCUT2D eigenvalue weighted by Gasteiger charge is -2.19. The van der Waals surface area contributed by atoms with Gasteiger partial charge in [-0.2, -0.15) is 0 Å². The predicted molar refractivity (Wildman–Crippen MR) is 308 cm³/mol. The molecule has 0 aromatic rings. The molecule has 392 valence electrons. The Balaban J connectivity index is 3.66. The second-order valence-corrected chi connectivity index (χ2v) is 19.0. The summed E-state index contributed by atoms with van der Waals surface area (Å²) in [7, 11) is 0. The minimum Gasteiger partial charge on any atom is -0.394 e. The van der Waals surface area contributed by atoms with Crippen LogP contribution in [0.15, 0.2) is 134 Å². The van der Waals surface area contributed by atoms with Crippen LogP contribution in [0.2, 0.25) is 0 Å². The lowest BCUT2D eigenvalue weighted by Crippen LogP contribution is -2.45. The molecule has 0 aliphatic heterocycles. The van der Waals surface area contributed by atoms with E-state index in [-0.39, 0.29) is 12.5 Å². The first-order chi connectivity index (χ1) is 34.2. The van der Waals surface area contributed by atoms with Crippen LogP contribution in [0.3, 0.4) is 0 Å². The Morgan fingerprint density at radius 2 is 0.652 bits per heavy atom. The maximum absolute atomic E-state index is 12.5. The fourth-order valence-electron chi connectivity index (χ4n) is 7.99. The van der Waals surface area contributed by atoms with Crippen LogP contribution in [0.1, 0.15) is 251 Å². The smallest absolute Gasteiger partial charge is 0.220 e. The van der Waals surface area contributed by atoms with Crippen molar-refractivity contribution in [3.8, 4) is 0 Å². The van der Waals surface area contributed by atoms with Crippen LogP contribution >= 0.6 is 0 Å². The zero-order valence-electron chi connectivity index (χ0n) is 45.0.